The van der Waals surface area contributed by atoms with E-state index in [1.807, 2.05) is 0 Å². The van der Waals surface area contributed by atoms with E-state index in [0.29, 0.717) is 28.7 Å². The number of benzene rings is 4. The molecule has 0 aliphatic heterocycles. The summed E-state index contributed by atoms with van der Waals surface area (Å²) < 4.78 is 60.0. The second kappa shape index (κ2) is 14.3. The predicted molar refractivity (Wildman–Crippen MR) is 143 cm³/mol. The predicted octanol–water partition coefficient (Wildman–Crippen LogP) is 7.23. The smallest absolute Gasteiger partial charge is 0.237 e. The Morgan fingerprint density at radius 3 is 1.63 bits per heavy atom. The van der Waals surface area contributed by atoms with Crippen molar-refractivity contribution in [3.8, 4) is 45.2 Å². The van der Waals surface area contributed by atoms with Crippen LogP contribution < -0.4 is 0 Å². The van der Waals surface area contributed by atoms with Gasteiger partial charge in [-0.05, 0) is 61.7 Å². The van der Waals surface area contributed by atoms with Crippen LogP contribution in [-0.4, -0.2) is 32.6 Å². The number of hydrogen-bond donors (Lipinski definition) is 2. The molecule has 1 radical (unpaired) electrons. The molecule has 1 aromatic heterocycles. The van der Waals surface area contributed by atoms with Crippen molar-refractivity contribution in [2.45, 2.75) is 32.5 Å². The van der Waals surface area contributed by atoms with Crippen molar-refractivity contribution in [1.29, 1.82) is 0 Å². The fourth-order valence-electron chi connectivity index (χ4n) is 3.91. The maximum Gasteiger partial charge on any atom is 0.237 e. The van der Waals surface area contributed by atoms with Crippen molar-refractivity contribution < 1.29 is 52.3 Å². The van der Waals surface area contributed by atoms with Crippen LogP contribution in [0.3, 0.4) is 0 Å². The van der Waals surface area contributed by atoms with E-state index in [-0.39, 0.29) is 55.2 Å². The van der Waals surface area contributed by atoms with Gasteiger partial charge in [0.25, 0.3) is 0 Å². The third kappa shape index (κ3) is 8.41. The molecule has 2 N–H and O–H groups in total. The Balaban J connectivity index is 0.000000516. The van der Waals surface area contributed by atoms with E-state index in [1.165, 1.54) is 24.3 Å². The second-order valence-electron chi connectivity index (χ2n) is 9.16. The van der Waals surface area contributed by atoms with Gasteiger partial charge in [-0.3, -0.25) is 0 Å². The molecule has 0 aliphatic carbocycles. The average Bonchev–Trinajstić information content (AvgIpc) is 3.39. The Hall–Kier alpha value is -3.69. The van der Waals surface area contributed by atoms with E-state index in [1.54, 1.807) is 56.3 Å². The van der Waals surface area contributed by atoms with E-state index < -0.39 is 23.3 Å². The zero-order valence-electron chi connectivity index (χ0n) is 21.9. The zero-order chi connectivity index (χ0) is 28.8. The third-order valence-corrected chi connectivity index (χ3v) is 5.77. The van der Waals surface area contributed by atoms with Gasteiger partial charge in [0.2, 0.25) is 5.89 Å². The number of hydrogen-bond acceptors (Lipinski definition) is 5. The third-order valence-electron chi connectivity index (χ3n) is 5.77. The molecule has 0 amide bonds. The van der Waals surface area contributed by atoms with Crippen molar-refractivity contribution in [2.24, 2.45) is 0 Å². The summed E-state index contributed by atoms with van der Waals surface area (Å²) in [7, 11) is 0. The van der Waals surface area contributed by atoms with Gasteiger partial charge in [-0.1, -0.05) is 29.3 Å². The number of nitrogens with zero attached hydrogens (tertiary/aromatic N) is 2. The van der Waals surface area contributed by atoms with Gasteiger partial charge in [0.05, 0.1) is 12.2 Å². The fourth-order valence-corrected chi connectivity index (χ4v) is 3.91. The number of aromatic nitrogens is 2. The Morgan fingerprint density at radius 2 is 1.17 bits per heavy atom. The SMILES string of the molecule is CC(O)CC(C)O.Fc1ccc(-c2c[c-]c(-c3nnc(-c4ccc(-c5ccc(F)cc5F)cc4)o3)cc2)c(F)c1.[Ir]. The molecule has 41 heavy (non-hydrogen) atoms. The molecule has 0 spiro atoms. The first-order chi connectivity index (χ1) is 19.1. The molecule has 0 saturated heterocycles. The molecular weight excluding hydrogens is 717 g/mol. The summed E-state index contributed by atoms with van der Waals surface area (Å²) in [4.78, 5) is 0. The van der Waals surface area contributed by atoms with Crippen LogP contribution in [-0.2, 0) is 20.1 Å². The van der Waals surface area contributed by atoms with Crippen molar-refractivity contribution in [1.82, 2.24) is 10.2 Å². The summed E-state index contributed by atoms with van der Waals surface area (Å²) in [6.07, 6.45) is -0.278. The van der Waals surface area contributed by atoms with Gasteiger partial charge in [-0.2, -0.15) is 5.10 Å². The molecule has 10 heteroatoms. The van der Waals surface area contributed by atoms with Gasteiger partial charge >= 0.3 is 0 Å². The number of rotatable bonds is 6. The maximum atomic E-state index is 14.0. The van der Waals surface area contributed by atoms with Crippen LogP contribution in [0.1, 0.15) is 20.3 Å². The Morgan fingerprint density at radius 1 is 0.683 bits per heavy atom. The zero-order valence-corrected chi connectivity index (χ0v) is 24.3. The average molecular weight is 742 g/mol. The molecule has 2 unspecified atom stereocenters. The van der Waals surface area contributed by atoms with Gasteiger partial charge in [0, 0.05) is 43.4 Å². The van der Waals surface area contributed by atoms with Crippen molar-refractivity contribution in [3.05, 3.63) is 108 Å². The summed E-state index contributed by atoms with van der Waals surface area (Å²) in [5, 5.41) is 25.2. The van der Waals surface area contributed by atoms with Crippen molar-refractivity contribution >= 4 is 0 Å². The fraction of sp³-hybridized carbons (Fsp3) is 0.161. The minimum Gasteiger partial charge on any atom is -0.464 e. The van der Waals surface area contributed by atoms with Gasteiger partial charge in [0.1, 0.15) is 23.3 Å². The van der Waals surface area contributed by atoms with Gasteiger partial charge in [-0.15, -0.1) is 29.4 Å². The van der Waals surface area contributed by atoms with Crippen molar-refractivity contribution in [3.63, 3.8) is 0 Å². The van der Waals surface area contributed by atoms with E-state index in [2.05, 4.69) is 16.3 Å². The second-order valence-corrected chi connectivity index (χ2v) is 9.16. The van der Waals surface area contributed by atoms with Crippen LogP contribution in [0.4, 0.5) is 17.6 Å². The standard InChI is InChI=1S/C26H13F4N2O.C5H12O2.Ir/c27-19-9-11-21(23(29)13-19)15-1-5-17(6-2-15)25-31-32-26(33-25)18-7-3-16(4-8-18)22-12-10-20(28)14-24(22)30;1-4(6)3-5(2)7;/h1-7,9-14H;4-7H,3H2,1-2H3;/q-1;;. The van der Waals surface area contributed by atoms with Crippen LogP contribution in [0.2, 0.25) is 0 Å². The Labute approximate surface area is 247 Å². The molecule has 2 atom stereocenters. The minimum atomic E-state index is -0.666. The van der Waals surface area contributed by atoms with Crippen LogP contribution in [0.5, 0.6) is 0 Å². The largest absolute Gasteiger partial charge is 0.464 e. The molecule has 5 rings (SSSR count). The van der Waals surface area contributed by atoms with E-state index in [0.717, 1.165) is 12.1 Å². The maximum absolute atomic E-state index is 14.0. The van der Waals surface area contributed by atoms with Gasteiger partial charge < -0.3 is 14.6 Å². The molecule has 5 nitrogen and oxygen atoms in total. The molecular formula is C31H25F4IrN2O3-. The molecule has 0 aliphatic rings. The molecule has 5 aromatic rings. The number of aliphatic hydroxyl groups is 2. The number of halogens is 4. The van der Waals surface area contributed by atoms with Gasteiger partial charge in [-0.25, -0.2) is 17.6 Å². The van der Waals surface area contributed by atoms with E-state index in [9.17, 15) is 17.6 Å². The first-order valence-electron chi connectivity index (χ1n) is 12.3. The monoisotopic (exact) mass is 742 g/mol. The van der Waals surface area contributed by atoms with Gasteiger partial charge in [0.15, 0.2) is 5.89 Å². The summed E-state index contributed by atoms with van der Waals surface area (Å²) in [6, 6.07) is 21.3. The van der Waals surface area contributed by atoms with E-state index in [4.69, 9.17) is 14.6 Å². The van der Waals surface area contributed by atoms with Crippen LogP contribution in [0.15, 0.2) is 83.3 Å². The first-order valence-corrected chi connectivity index (χ1v) is 12.3. The minimum absolute atomic E-state index is 0. The molecule has 0 saturated carbocycles. The van der Waals surface area contributed by atoms with Crippen LogP contribution in [0.25, 0.3) is 45.2 Å². The summed E-state index contributed by atoms with van der Waals surface area (Å²) in [6.45, 7) is 3.32. The summed E-state index contributed by atoms with van der Waals surface area (Å²) >= 11 is 0. The normalized spacial score (nSPS) is 12.1. The molecule has 1 heterocycles. The quantitative estimate of drug-likeness (QED) is 0.142. The topological polar surface area (TPSA) is 79.4 Å². The molecule has 0 fully saturated rings. The molecule has 215 valence electrons. The first kappa shape index (κ1) is 31.8. The van der Waals surface area contributed by atoms with Crippen LogP contribution in [0, 0.1) is 29.3 Å². The molecule has 4 aromatic carbocycles. The number of aliphatic hydroxyl groups excluding tert-OH is 2. The summed E-state index contributed by atoms with van der Waals surface area (Å²) in [5.41, 5.74) is 2.76. The Bertz CT molecular complexity index is 1460. The van der Waals surface area contributed by atoms with E-state index >= 15 is 0 Å². The summed E-state index contributed by atoms with van der Waals surface area (Å²) in [5.74, 6) is -2.14. The molecule has 0 bridgehead atoms. The van der Waals surface area contributed by atoms with Crippen LogP contribution >= 0.6 is 0 Å². The van der Waals surface area contributed by atoms with Crippen molar-refractivity contribution in [2.75, 3.05) is 0 Å². The Kier molecular flexibility index (Phi) is 11.1.